The predicted octanol–water partition coefficient (Wildman–Crippen LogP) is 4.72. The first-order chi connectivity index (χ1) is 11.0. The van der Waals surface area contributed by atoms with E-state index in [1.807, 2.05) is 6.92 Å². The van der Waals surface area contributed by atoms with Gasteiger partial charge in [-0.05, 0) is 13.3 Å². The summed E-state index contributed by atoms with van der Waals surface area (Å²) >= 11 is 0. The van der Waals surface area contributed by atoms with Crippen molar-refractivity contribution in [2.24, 2.45) is 0 Å². The molecular weight excluding hydrogens is 335 g/mol. The van der Waals surface area contributed by atoms with Gasteiger partial charge in [0.05, 0.1) is 6.10 Å². The van der Waals surface area contributed by atoms with E-state index in [4.69, 9.17) is 9.29 Å². The molecule has 0 saturated heterocycles. The van der Waals surface area contributed by atoms with Gasteiger partial charge in [0.25, 0.3) is 10.1 Å². The molecule has 0 aliphatic carbocycles. The second-order valence-corrected chi connectivity index (χ2v) is 8.00. The molecule has 0 heterocycles. The van der Waals surface area contributed by atoms with Gasteiger partial charge < -0.3 is 4.74 Å². The van der Waals surface area contributed by atoms with Crippen molar-refractivity contribution in [3.63, 3.8) is 0 Å². The third kappa shape index (κ3) is 20.9. The van der Waals surface area contributed by atoms with E-state index >= 15 is 0 Å². The van der Waals surface area contributed by atoms with Crippen molar-refractivity contribution >= 4 is 39.7 Å². The van der Waals surface area contributed by atoms with E-state index in [1.54, 1.807) is 0 Å². The fraction of sp³-hybridized carbons (Fsp3) is 1.00. The minimum atomic E-state index is -3.94. The molecule has 142 valence electrons. The van der Waals surface area contributed by atoms with Crippen LogP contribution < -0.4 is 0 Å². The van der Waals surface area contributed by atoms with Crippen molar-refractivity contribution in [1.29, 1.82) is 0 Å². The Morgan fingerprint density at radius 3 is 1.58 bits per heavy atom. The average Bonchev–Trinajstić information content (AvgIpc) is 2.47. The fourth-order valence-electron chi connectivity index (χ4n) is 2.90. The molecule has 6 heteroatoms. The second kappa shape index (κ2) is 18.7. The van der Waals surface area contributed by atoms with Gasteiger partial charge in [0.15, 0.2) is 0 Å². The maximum absolute atomic E-state index is 10.9. The monoisotopic (exact) mass is 374 g/mol. The van der Waals surface area contributed by atoms with Crippen molar-refractivity contribution in [3.05, 3.63) is 0 Å². The van der Waals surface area contributed by atoms with Crippen LogP contribution in [0.1, 0.15) is 97.3 Å². The van der Waals surface area contributed by atoms with Crippen molar-refractivity contribution in [2.45, 2.75) is 103 Å². The Kier molecular flexibility index (Phi) is 21.1. The molecule has 0 radical (unpaired) electrons. The first-order valence-corrected chi connectivity index (χ1v) is 11.2. The van der Waals surface area contributed by atoms with Crippen LogP contribution in [0.3, 0.4) is 0 Å². The van der Waals surface area contributed by atoms with E-state index in [2.05, 4.69) is 6.92 Å². The summed E-state index contributed by atoms with van der Waals surface area (Å²) in [6, 6.07) is 0. The average molecular weight is 375 g/mol. The SMILES string of the molecule is CCCCCCCCCCCCCCC(CS(=O)(=O)O)OCC.[NaH]. The van der Waals surface area contributed by atoms with Gasteiger partial charge in [-0.3, -0.25) is 4.55 Å². The van der Waals surface area contributed by atoms with Crippen LogP contribution in [-0.4, -0.2) is 61.0 Å². The zero-order valence-electron chi connectivity index (χ0n) is 15.3. The van der Waals surface area contributed by atoms with E-state index in [0.29, 0.717) is 13.0 Å². The van der Waals surface area contributed by atoms with Gasteiger partial charge in [0, 0.05) is 6.61 Å². The summed E-state index contributed by atoms with van der Waals surface area (Å²) in [5, 5.41) is 0. The van der Waals surface area contributed by atoms with Crippen molar-refractivity contribution < 1.29 is 17.7 Å². The Morgan fingerprint density at radius 1 is 0.792 bits per heavy atom. The summed E-state index contributed by atoms with van der Waals surface area (Å²) in [5.41, 5.74) is 0. The molecule has 24 heavy (non-hydrogen) atoms. The van der Waals surface area contributed by atoms with Crippen LogP contribution in [-0.2, 0) is 14.9 Å². The maximum atomic E-state index is 10.9. The van der Waals surface area contributed by atoms with Gasteiger partial charge in [-0.1, -0.05) is 84.0 Å². The van der Waals surface area contributed by atoms with Crippen LogP contribution in [0.25, 0.3) is 0 Å². The van der Waals surface area contributed by atoms with Gasteiger partial charge in [-0.25, -0.2) is 0 Å². The predicted molar refractivity (Wildman–Crippen MR) is 105 cm³/mol. The molecule has 0 aliphatic heterocycles. The molecule has 0 bridgehead atoms. The number of rotatable bonds is 17. The van der Waals surface area contributed by atoms with Crippen molar-refractivity contribution in [1.82, 2.24) is 0 Å². The van der Waals surface area contributed by atoms with Crippen LogP contribution in [0.2, 0.25) is 0 Å². The second-order valence-electron chi connectivity index (χ2n) is 6.50. The van der Waals surface area contributed by atoms with Gasteiger partial charge in [0.1, 0.15) is 5.75 Å². The summed E-state index contributed by atoms with van der Waals surface area (Å²) in [7, 11) is -3.94. The Labute approximate surface area is 172 Å². The summed E-state index contributed by atoms with van der Waals surface area (Å²) in [5.74, 6) is -0.279. The zero-order chi connectivity index (χ0) is 17.4. The van der Waals surface area contributed by atoms with Gasteiger partial charge in [-0.2, -0.15) is 8.42 Å². The van der Waals surface area contributed by atoms with E-state index < -0.39 is 10.1 Å². The molecule has 1 N–H and O–H groups in total. The van der Waals surface area contributed by atoms with Crippen LogP contribution in [0.4, 0.5) is 0 Å². The Hall–Kier alpha value is 0.870. The molecule has 1 atom stereocenters. The van der Waals surface area contributed by atoms with E-state index in [0.717, 1.165) is 12.8 Å². The summed E-state index contributed by atoms with van der Waals surface area (Å²) in [6.07, 6.45) is 15.8. The molecule has 0 aliphatic rings. The molecule has 0 aromatic heterocycles. The quantitative estimate of drug-likeness (QED) is 0.227. The van der Waals surface area contributed by atoms with E-state index in [9.17, 15) is 8.42 Å². The van der Waals surface area contributed by atoms with Crippen LogP contribution in [0.15, 0.2) is 0 Å². The number of hydrogen-bond donors (Lipinski definition) is 1. The minimum absolute atomic E-state index is 0. The van der Waals surface area contributed by atoms with Gasteiger partial charge in [-0.15, -0.1) is 0 Å². The zero-order valence-corrected chi connectivity index (χ0v) is 16.1. The molecule has 0 spiro atoms. The third-order valence-electron chi connectivity index (χ3n) is 4.18. The fourth-order valence-corrected chi connectivity index (χ4v) is 3.63. The summed E-state index contributed by atoms with van der Waals surface area (Å²) in [6.45, 7) is 4.58. The standard InChI is InChI=1S/C18H38O4S.Na.H/c1-3-5-6-7-8-9-10-11-12-13-14-15-16-18(22-4-2)17-23(19,20)21;;/h18H,3-17H2,1-2H3,(H,19,20,21);;. The van der Waals surface area contributed by atoms with Gasteiger partial charge >= 0.3 is 29.6 Å². The normalized spacial score (nSPS) is 12.8. The molecule has 1 unspecified atom stereocenters. The Bertz CT molecular complexity index is 347. The molecule has 0 amide bonds. The first-order valence-electron chi connectivity index (χ1n) is 9.56. The van der Waals surface area contributed by atoms with Crippen molar-refractivity contribution in [2.75, 3.05) is 12.4 Å². The first kappa shape index (κ1) is 27.1. The summed E-state index contributed by atoms with van der Waals surface area (Å²) < 4.78 is 36.1. The van der Waals surface area contributed by atoms with E-state index in [-0.39, 0.29) is 41.4 Å². The summed E-state index contributed by atoms with van der Waals surface area (Å²) in [4.78, 5) is 0. The molecule has 0 aromatic rings. The van der Waals surface area contributed by atoms with E-state index in [1.165, 1.54) is 64.2 Å². The molecular formula is C18H39NaO4S. The Balaban J connectivity index is 0. The molecule has 0 aromatic carbocycles. The number of hydrogen-bond acceptors (Lipinski definition) is 3. The molecule has 0 saturated carbocycles. The van der Waals surface area contributed by atoms with Gasteiger partial charge in [0.2, 0.25) is 0 Å². The number of ether oxygens (including phenoxy) is 1. The Morgan fingerprint density at radius 2 is 1.21 bits per heavy atom. The molecule has 4 nitrogen and oxygen atoms in total. The van der Waals surface area contributed by atoms with Crippen molar-refractivity contribution in [3.8, 4) is 0 Å². The van der Waals surface area contributed by atoms with Crippen LogP contribution in [0, 0.1) is 0 Å². The molecule has 0 rings (SSSR count). The van der Waals surface area contributed by atoms with Crippen LogP contribution in [0.5, 0.6) is 0 Å². The number of unbranched alkanes of at least 4 members (excludes halogenated alkanes) is 11. The van der Waals surface area contributed by atoms with Crippen LogP contribution >= 0.6 is 0 Å². The molecule has 0 fully saturated rings. The topological polar surface area (TPSA) is 63.6 Å². The third-order valence-corrected chi connectivity index (χ3v) is 4.97.